The number of aromatic amines is 1. The molecule has 28 heavy (non-hydrogen) atoms. The number of hydrogen-bond acceptors (Lipinski definition) is 5. The Balaban J connectivity index is 1.35. The van der Waals surface area contributed by atoms with Crippen LogP contribution in [-0.2, 0) is 4.74 Å². The van der Waals surface area contributed by atoms with Gasteiger partial charge < -0.3 is 15.0 Å². The summed E-state index contributed by atoms with van der Waals surface area (Å²) in [6, 6.07) is 6.59. The number of nitrogens with one attached hydrogen (secondary N) is 2. The van der Waals surface area contributed by atoms with E-state index in [9.17, 15) is 0 Å². The number of nitrogens with zero attached hydrogens (tertiary/aromatic N) is 4. The summed E-state index contributed by atoms with van der Waals surface area (Å²) in [4.78, 5) is 12.6. The summed E-state index contributed by atoms with van der Waals surface area (Å²) in [5, 5.41) is 8.77. The molecule has 4 aromatic rings. The second kappa shape index (κ2) is 7.24. The molecule has 0 unspecified atom stereocenters. The number of ether oxygens (including phenoxy) is 1. The Morgan fingerprint density at radius 2 is 2.14 bits per heavy atom. The molecule has 1 aliphatic carbocycles. The first-order valence-electron chi connectivity index (χ1n) is 9.96. The maximum atomic E-state index is 5.74. The molecule has 2 N–H and O–H groups in total. The quantitative estimate of drug-likeness (QED) is 0.550. The van der Waals surface area contributed by atoms with Crippen LogP contribution in [0.2, 0.25) is 0 Å². The van der Waals surface area contributed by atoms with Crippen LogP contribution in [0.25, 0.3) is 27.7 Å². The summed E-state index contributed by atoms with van der Waals surface area (Å²) in [6.07, 6.45) is 12.5. The van der Waals surface area contributed by atoms with E-state index in [-0.39, 0.29) is 0 Å². The first-order valence-corrected chi connectivity index (χ1v) is 9.96. The molecule has 0 bridgehead atoms. The molecule has 7 heteroatoms. The van der Waals surface area contributed by atoms with Crippen molar-refractivity contribution in [3.63, 3.8) is 0 Å². The molecule has 1 saturated carbocycles. The van der Waals surface area contributed by atoms with Crippen LogP contribution < -0.4 is 5.32 Å². The van der Waals surface area contributed by atoms with Crippen molar-refractivity contribution in [3.8, 4) is 11.1 Å². The highest BCUT2D eigenvalue weighted by Crippen LogP contribution is 2.29. The second-order valence-corrected chi connectivity index (χ2v) is 7.35. The molecule has 5 rings (SSSR count). The van der Waals surface area contributed by atoms with Gasteiger partial charge in [0.15, 0.2) is 0 Å². The second-order valence-electron chi connectivity index (χ2n) is 7.35. The Kier molecular flexibility index (Phi) is 4.44. The topological polar surface area (TPSA) is 80.1 Å². The maximum Gasteiger partial charge on any atom is 0.224 e. The van der Waals surface area contributed by atoms with Crippen molar-refractivity contribution in [2.45, 2.75) is 44.8 Å². The fourth-order valence-corrected chi connectivity index (χ4v) is 4.10. The molecule has 0 aromatic carbocycles. The van der Waals surface area contributed by atoms with Gasteiger partial charge in [0.1, 0.15) is 5.65 Å². The minimum absolute atomic E-state index is 0.408. The number of anilines is 1. The van der Waals surface area contributed by atoms with Crippen LogP contribution in [0.5, 0.6) is 0 Å². The van der Waals surface area contributed by atoms with Crippen LogP contribution in [0.3, 0.4) is 0 Å². The maximum absolute atomic E-state index is 5.74. The van der Waals surface area contributed by atoms with E-state index in [4.69, 9.17) is 9.72 Å². The van der Waals surface area contributed by atoms with Gasteiger partial charge in [-0.1, -0.05) is 0 Å². The summed E-state index contributed by atoms with van der Waals surface area (Å²) in [5.74, 6) is 0.687. The zero-order chi connectivity index (χ0) is 18.9. The summed E-state index contributed by atoms with van der Waals surface area (Å²) in [7, 11) is 0. The summed E-state index contributed by atoms with van der Waals surface area (Å²) >= 11 is 0. The Morgan fingerprint density at radius 3 is 3.00 bits per heavy atom. The molecular weight excluding hydrogens is 352 g/mol. The third-order valence-corrected chi connectivity index (χ3v) is 5.55. The van der Waals surface area contributed by atoms with Gasteiger partial charge in [-0.3, -0.25) is 0 Å². The van der Waals surface area contributed by atoms with Crippen LogP contribution in [0.4, 0.5) is 5.95 Å². The van der Waals surface area contributed by atoms with Crippen LogP contribution in [-0.4, -0.2) is 43.3 Å². The molecule has 1 fully saturated rings. The molecule has 0 saturated heterocycles. The zero-order valence-electron chi connectivity index (χ0n) is 15.9. The molecule has 0 aliphatic heterocycles. The molecule has 144 valence electrons. The Bertz CT molecular complexity index is 1090. The number of rotatable bonds is 5. The third kappa shape index (κ3) is 3.22. The summed E-state index contributed by atoms with van der Waals surface area (Å²) in [5.41, 5.74) is 4.14. The molecule has 7 nitrogen and oxygen atoms in total. The minimum Gasteiger partial charge on any atom is -0.379 e. The molecular formula is C21H24N6O. The van der Waals surface area contributed by atoms with Gasteiger partial charge in [0, 0.05) is 48.4 Å². The van der Waals surface area contributed by atoms with E-state index in [0.717, 1.165) is 60.0 Å². The summed E-state index contributed by atoms with van der Waals surface area (Å²) in [6.45, 7) is 2.86. The van der Waals surface area contributed by atoms with Crippen LogP contribution in [0, 0.1) is 0 Å². The van der Waals surface area contributed by atoms with E-state index in [0.29, 0.717) is 18.1 Å². The first kappa shape index (κ1) is 17.2. The van der Waals surface area contributed by atoms with E-state index in [1.165, 1.54) is 0 Å². The largest absolute Gasteiger partial charge is 0.379 e. The van der Waals surface area contributed by atoms with E-state index in [1.807, 2.05) is 29.2 Å². The molecule has 4 aromatic heterocycles. The summed E-state index contributed by atoms with van der Waals surface area (Å²) < 4.78 is 7.59. The highest BCUT2D eigenvalue weighted by atomic mass is 16.5. The van der Waals surface area contributed by atoms with Crippen molar-refractivity contribution in [1.29, 1.82) is 0 Å². The predicted molar refractivity (Wildman–Crippen MR) is 109 cm³/mol. The number of hydrogen-bond donors (Lipinski definition) is 2. The normalized spacial score (nSPS) is 20.0. The minimum atomic E-state index is 0.408. The SMILES string of the molecule is CCOC1CCC(Nc2ncc3c(-c4ccn5nccc5c4)c[nH]c3n2)CC1. The monoisotopic (exact) mass is 376 g/mol. The predicted octanol–water partition coefficient (Wildman–Crippen LogP) is 4.03. The van der Waals surface area contributed by atoms with E-state index in [2.05, 4.69) is 39.4 Å². The van der Waals surface area contributed by atoms with E-state index >= 15 is 0 Å². The highest BCUT2D eigenvalue weighted by molar-refractivity contribution is 5.94. The van der Waals surface area contributed by atoms with Gasteiger partial charge in [-0.2, -0.15) is 10.1 Å². The van der Waals surface area contributed by atoms with E-state index in [1.54, 1.807) is 6.20 Å². The van der Waals surface area contributed by atoms with Crippen LogP contribution >= 0.6 is 0 Å². The van der Waals surface area contributed by atoms with Crippen molar-refractivity contribution in [2.24, 2.45) is 0 Å². The lowest BCUT2D eigenvalue weighted by molar-refractivity contribution is 0.0346. The number of fused-ring (bicyclic) bond motifs is 2. The molecule has 0 amide bonds. The van der Waals surface area contributed by atoms with Crippen molar-refractivity contribution < 1.29 is 4.74 Å². The number of H-pyrrole nitrogens is 1. The average molecular weight is 376 g/mol. The van der Waals surface area contributed by atoms with Crippen LogP contribution in [0.1, 0.15) is 32.6 Å². The van der Waals surface area contributed by atoms with Gasteiger partial charge in [0.05, 0.1) is 11.6 Å². The number of aromatic nitrogens is 5. The van der Waals surface area contributed by atoms with E-state index < -0.39 is 0 Å². The van der Waals surface area contributed by atoms with Gasteiger partial charge in [-0.15, -0.1) is 0 Å². The molecule has 1 aliphatic rings. The van der Waals surface area contributed by atoms with Gasteiger partial charge >= 0.3 is 0 Å². The average Bonchev–Trinajstić information content (AvgIpc) is 3.35. The molecule has 0 atom stereocenters. The molecule has 4 heterocycles. The Morgan fingerprint density at radius 1 is 1.25 bits per heavy atom. The first-order chi connectivity index (χ1) is 13.8. The van der Waals surface area contributed by atoms with Gasteiger partial charge in [-0.25, -0.2) is 9.50 Å². The molecule has 0 spiro atoms. The standard InChI is InChI=1S/C21H24N6O/c1-2-28-17-5-3-15(4-6-17)25-21-23-13-19-18(12-22-20(19)26-21)14-8-10-27-16(11-14)7-9-24-27/h7-13,15,17H,2-6H2,1H3,(H2,22,23,25,26). The van der Waals surface area contributed by atoms with Crippen molar-refractivity contribution >= 4 is 22.5 Å². The van der Waals surface area contributed by atoms with Gasteiger partial charge in [0.2, 0.25) is 5.95 Å². The van der Waals surface area contributed by atoms with Gasteiger partial charge in [-0.05, 0) is 56.4 Å². The lowest BCUT2D eigenvalue weighted by atomic mass is 9.93. The lowest BCUT2D eigenvalue weighted by Crippen LogP contribution is -2.30. The van der Waals surface area contributed by atoms with Crippen molar-refractivity contribution in [2.75, 3.05) is 11.9 Å². The van der Waals surface area contributed by atoms with Crippen molar-refractivity contribution in [3.05, 3.63) is 43.0 Å². The lowest BCUT2D eigenvalue weighted by Gasteiger charge is -2.28. The number of pyridine rings is 1. The zero-order valence-corrected chi connectivity index (χ0v) is 15.9. The third-order valence-electron chi connectivity index (χ3n) is 5.55. The van der Waals surface area contributed by atoms with Crippen LogP contribution in [0.15, 0.2) is 43.0 Å². The highest BCUT2D eigenvalue weighted by Gasteiger charge is 2.22. The Hall–Kier alpha value is -2.93. The smallest absolute Gasteiger partial charge is 0.224 e. The van der Waals surface area contributed by atoms with Gasteiger partial charge in [0.25, 0.3) is 0 Å². The Labute approximate surface area is 163 Å². The fraction of sp³-hybridized carbons (Fsp3) is 0.381. The molecule has 0 radical (unpaired) electrons. The van der Waals surface area contributed by atoms with Crippen molar-refractivity contribution in [1.82, 2.24) is 24.6 Å². The fourth-order valence-electron chi connectivity index (χ4n) is 4.10.